The quantitative estimate of drug-likeness (QED) is 0.221. The minimum absolute atomic E-state index is 0.130. The third-order valence-corrected chi connectivity index (χ3v) is 7.06. The van der Waals surface area contributed by atoms with Crippen LogP contribution in [-0.4, -0.2) is 92.1 Å². The molecule has 0 radical (unpaired) electrons. The van der Waals surface area contributed by atoms with E-state index in [1.165, 1.54) is 7.11 Å². The van der Waals surface area contributed by atoms with Gasteiger partial charge in [0, 0.05) is 27.2 Å². The summed E-state index contributed by atoms with van der Waals surface area (Å²) in [5, 5.41) is 14.7. The number of carbonyl (C=O) groups excluding carboxylic acids is 5. The van der Waals surface area contributed by atoms with Gasteiger partial charge in [0.1, 0.15) is 24.6 Å². The third-order valence-electron chi connectivity index (χ3n) is 7.06. The first-order valence-corrected chi connectivity index (χ1v) is 14.5. The molecule has 1 amide bonds. The summed E-state index contributed by atoms with van der Waals surface area (Å²) in [5.41, 5.74) is -1.13. The molecule has 0 aromatic heterocycles. The van der Waals surface area contributed by atoms with Gasteiger partial charge in [0.15, 0.2) is 24.5 Å². The lowest BCUT2D eigenvalue weighted by atomic mass is 9.80. The smallest absolute Gasteiger partial charge is 0.408 e. The first kappa shape index (κ1) is 36.7. The van der Waals surface area contributed by atoms with Gasteiger partial charge >= 0.3 is 30.0 Å². The van der Waals surface area contributed by atoms with Crippen molar-refractivity contribution in [2.45, 2.75) is 76.7 Å². The molecule has 1 saturated heterocycles. The number of alkyl carbamates (subject to hydrolysis) is 1. The fourth-order valence-corrected chi connectivity index (χ4v) is 4.84. The molecule has 15 nitrogen and oxygen atoms in total. The van der Waals surface area contributed by atoms with Crippen LogP contribution in [-0.2, 0) is 65.5 Å². The number of nitrogens with one attached hydrogen (secondary N) is 1. The molecular weight excluding hydrogens is 622 g/mol. The fraction of sp³-hybridized carbons (Fsp3) is 0.469. The van der Waals surface area contributed by atoms with E-state index in [9.17, 15) is 29.1 Å². The molecule has 2 aromatic carbocycles. The van der Waals surface area contributed by atoms with E-state index in [2.05, 4.69) is 5.32 Å². The van der Waals surface area contributed by atoms with E-state index in [4.69, 9.17) is 37.9 Å². The Labute approximate surface area is 271 Å². The Balaban J connectivity index is 2.01. The number of hydrogen-bond acceptors (Lipinski definition) is 14. The van der Waals surface area contributed by atoms with Gasteiger partial charge in [0.25, 0.3) is 0 Å². The molecule has 47 heavy (non-hydrogen) atoms. The average Bonchev–Trinajstić information content (AvgIpc) is 3.04. The minimum atomic E-state index is -2.41. The molecule has 2 aromatic rings. The van der Waals surface area contributed by atoms with Crippen molar-refractivity contribution in [3.63, 3.8) is 0 Å². The number of methoxy groups -OCH3 is 2. The predicted molar refractivity (Wildman–Crippen MR) is 159 cm³/mol. The van der Waals surface area contributed by atoms with E-state index >= 15 is 0 Å². The van der Waals surface area contributed by atoms with Crippen LogP contribution in [0.1, 0.15) is 38.3 Å². The normalized spacial score (nSPS) is 21.7. The van der Waals surface area contributed by atoms with Crippen molar-refractivity contribution in [1.82, 2.24) is 5.32 Å². The maximum absolute atomic E-state index is 13.1. The second kappa shape index (κ2) is 17.3. The predicted octanol–water partition coefficient (Wildman–Crippen LogP) is 1.95. The highest BCUT2D eigenvalue weighted by Crippen LogP contribution is 2.38. The third kappa shape index (κ3) is 10.7. The van der Waals surface area contributed by atoms with Gasteiger partial charge in [-0.3, -0.25) is 14.4 Å². The number of hydrogen-bond donors (Lipinski definition) is 2. The molecule has 1 fully saturated rings. The summed E-state index contributed by atoms with van der Waals surface area (Å²) in [6.45, 7) is 2.27. The molecule has 3 rings (SSSR count). The Hall–Kier alpha value is -4.73. The Morgan fingerprint density at radius 3 is 2.13 bits per heavy atom. The second-order valence-corrected chi connectivity index (χ2v) is 10.5. The van der Waals surface area contributed by atoms with E-state index in [1.807, 2.05) is 0 Å². The molecule has 0 unspecified atom stereocenters. The van der Waals surface area contributed by atoms with Gasteiger partial charge < -0.3 is 48.3 Å². The van der Waals surface area contributed by atoms with Crippen LogP contribution in [0.15, 0.2) is 54.6 Å². The Bertz CT molecular complexity index is 1370. The highest BCUT2D eigenvalue weighted by atomic mass is 16.7. The zero-order valence-corrected chi connectivity index (χ0v) is 26.7. The zero-order chi connectivity index (χ0) is 34.6. The minimum Gasteiger partial charge on any atom is -0.497 e. The summed E-state index contributed by atoms with van der Waals surface area (Å²) in [5.74, 6) is -2.91. The average molecular weight is 662 g/mol. The Kier molecular flexibility index (Phi) is 13.5. The van der Waals surface area contributed by atoms with Crippen LogP contribution < -0.4 is 10.1 Å². The fourth-order valence-electron chi connectivity index (χ4n) is 4.84. The molecule has 6 atom stereocenters. The van der Waals surface area contributed by atoms with Gasteiger partial charge in [-0.2, -0.15) is 0 Å². The summed E-state index contributed by atoms with van der Waals surface area (Å²) in [4.78, 5) is 62.1. The standard InChI is InChI=1S/C32H39NO14/c1-19(34)42-18-26(45-20(2)35)32(39)15-25(27(29(37)41-5)33-31(38)44-17-22-9-7-6-8-10-22)47-30(28(32)46-21(3)36)43-16-23-11-13-24(40-4)14-12-23/h6-14,25-28,30,39H,15-18H2,1-5H3,(H,33,38)/t25-,26+,27-,28-,30+,32-/m0/s1. The van der Waals surface area contributed by atoms with Crippen LogP contribution in [0.5, 0.6) is 5.75 Å². The molecule has 1 aliphatic rings. The number of aliphatic hydroxyl groups is 1. The van der Waals surface area contributed by atoms with Crippen LogP contribution in [0.2, 0.25) is 0 Å². The molecule has 2 N–H and O–H groups in total. The molecule has 0 spiro atoms. The monoisotopic (exact) mass is 661 g/mol. The lowest BCUT2D eigenvalue weighted by Crippen LogP contribution is -2.69. The van der Waals surface area contributed by atoms with Gasteiger partial charge in [-0.1, -0.05) is 42.5 Å². The summed E-state index contributed by atoms with van der Waals surface area (Å²) < 4.78 is 43.4. The highest BCUT2D eigenvalue weighted by Gasteiger charge is 2.59. The van der Waals surface area contributed by atoms with Gasteiger partial charge in [-0.05, 0) is 23.3 Å². The zero-order valence-electron chi connectivity index (χ0n) is 26.7. The van der Waals surface area contributed by atoms with Crippen molar-refractivity contribution in [3.05, 3.63) is 65.7 Å². The Morgan fingerprint density at radius 1 is 0.894 bits per heavy atom. The topological polar surface area (TPSA) is 191 Å². The van der Waals surface area contributed by atoms with Crippen molar-refractivity contribution in [2.75, 3.05) is 20.8 Å². The SMILES string of the molecule is COC(=O)[C@@H](NC(=O)OCc1ccccc1)[C@@H]1C[C@](O)([C@@H](COC(C)=O)OC(C)=O)[C@@H](OC(C)=O)[C@H](OCc2ccc(OC)cc2)O1. The maximum Gasteiger partial charge on any atom is 0.408 e. The first-order valence-electron chi connectivity index (χ1n) is 14.5. The lowest BCUT2D eigenvalue weighted by molar-refractivity contribution is -0.322. The summed E-state index contributed by atoms with van der Waals surface area (Å²) in [6.07, 6.45) is -8.08. The van der Waals surface area contributed by atoms with Crippen LogP contribution in [0.3, 0.4) is 0 Å². The summed E-state index contributed by atoms with van der Waals surface area (Å²) in [7, 11) is 2.58. The van der Waals surface area contributed by atoms with Crippen molar-refractivity contribution >= 4 is 30.0 Å². The van der Waals surface area contributed by atoms with Crippen LogP contribution >= 0.6 is 0 Å². The van der Waals surface area contributed by atoms with Crippen LogP contribution in [0.25, 0.3) is 0 Å². The van der Waals surface area contributed by atoms with Gasteiger partial charge in [-0.25, -0.2) is 9.59 Å². The van der Waals surface area contributed by atoms with E-state index in [0.717, 1.165) is 27.9 Å². The maximum atomic E-state index is 13.1. The van der Waals surface area contributed by atoms with Gasteiger partial charge in [-0.15, -0.1) is 0 Å². The van der Waals surface area contributed by atoms with Gasteiger partial charge in [0.2, 0.25) is 0 Å². The lowest BCUT2D eigenvalue weighted by Gasteiger charge is -2.49. The second-order valence-electron chi connectivity index (χ2n) is 10.5. The number of ether oxygens (including phenoxy) is 8. The molecule has 0 bridgehead atoms. The number of benzene rings is 2. The van der Waals surface area contributed by atoms with Crippen LogP contribution in [0, 0.1) is 0 Å². The summed E-state index contributed by atoms with van der Waals surface area (Å²) in [6, 6.07) is 13.9. The molecule has 1 heterocycles. The van der Waals surface area contributed by atoms with Crippen molar-refractivity contribution in [2.24, 2.45) is 0 Å². The first-order chi connectivity index (χ1) is 22.4. The number of amides is 1. The van der Waals surface area contributed by atoms with Crippen molar-refractivity contribution in [3.8, 4) is 5.75 Å². The Morgan fingerprint density at radius 2 is 1.55 bits per heavy atom. The summed E-state index contributed by atoms with van der Waals surface area (Å²) >= 11 is 0. The highest BCUT2D eigenvalue weighted by molar-refractivity contribution is 5.82. The molecule has 256 valence electrons. The van der Waals surface area contributed by atoms with E-state index in [1.54, 1.807) is 54.6 Å². The molecule has 0 saturated carbocycles. The molecule has 1 aliphatic heterocycles. The van der Waals surface area contributed by atoms with E-state index in [0.29, 0.717) is 16.9 Å². The molecule has 0 aliphatic carbocycles. The van der Waals surface area contributed by atoms with Crippen molar-refractivity contribution < 1.29 is 67.0 Å². The number of carbonyl (C=O) groups is 5. The van der Waals surface area contributed by atoms with Crippen LogP contribution in [0.4, 0.5) is 4.79 Å². The van der Waals surface area contributed by atoms with E-state index < -0.39 is 79.2 Å². The molecule has 15 heteroatoms. The van der Waals surface area contributed by atoms with Gasteiger partial charge in [0.05, 0.1) is 26.9 Å². The number of esters is 4. The number of rotatable bonds is 14. The largest absolute Gasteiger partial charge is 0.497 e. The van der Waals surface area contributed by atoms with E-state index in [-0.39, 0.29) is 13.2 Å². The van der Waals surface area contributed by atoms with Crippen molar-refractivity contribution in [1.29, 1.82) is 0 Å². The molecular formula is C32H39NO14.